The molecule has 0 spiro atoms. The molecule has 0 aliphatic rings. The van der Waals surface area contributed by atoms with Crippen molar-refractivity contribution in [3.05, 3.63) is 63.6 Å². The minimum absolute atomic E-state index is 0.392. The van der Waals surface area contributed by atoms with Crippen molar-refractivity contribution in [2.24, 2.45) is 0 Å². The number of benzene rings is 1. The third-order valence-corrected chi connectivity index (χ3v) is 3.41. The Hall–Kier alpha value is -1.47. The summed E-state index contributed by atoms with van der Waals surface area (Å²) >= 11 is 3.27. The summed E-state index contributed by atoms with van der Waals surface area (Å²) in [6.45, 7) is 0. The van der Waals surface area contributed by atoms with Crippen molar-refractivity contribution in [3.8, 4) is 0 Å². The van der Waals surface area contributed by atoms with E-state index in [9.17, 15) is 17.6 Å². The monoisotopic (exact) mass is 362 g/mol. The highest BCUT2D eigenvalue weighted by Gasteiger charge is 2.34. The summed E-state index contributed by atoms with van der Waals surface area (Å²) in [5, 5.41) is 2.94. The largest absolute Gasteiger partial charge is 0.419 e. The zero-order valence-corrected chi connectivity index (χ0v) is 12.5. The molecule has 7 heteroatoms. The fourth-order valence-corrected chi connectivity index (χ4v) is 2.44. The highest BCUT2D eigenvalue weighted by molar-refractivity contribution is 9.10. The van der Waals surface area contributed by atoms with Crippen molar-refractivity contribution >= 4 is 15.9 Å². The summed E-state index contributed by atoms with van der Waals surface area (Å²) in [5.74, 6) is -1.29. The van der Waals surface area contributed by atoms with Crippen LogP contribution in [0.4, 0.5) is 17.6 Å². The molecule has 1 unspecified atom stereocenters. The molecule has 0 amide bonds. The van der Waals surface area contributed by atoms with Gasteiger partial charge in [-0.2, -0.15) is 13.2 Å². The highest BCUT2D eigenvalue weighted by atomic mass is 79.9. The van der Waals surface area contributed by atoms with Gasteiger partial charge in [-0.3, -0.25) is 4.98 Å². The van der Waals surface area contributed by atoms with Crippen LogP contribution >= 0.6 is 15.9 Å². The number of nitrogens with zero attached hydrogens (tertiary/aromatic N) is 1. The molecule has 0 saturated carbocycles. The molecule has 2 nitrogen and oxygen atoms in total. The average molecular weight is 363 g/mol. The van der Waals surface area contributed by atoms with Crippen molar-refractivity contribution < 1.29 is 17.6 Å². The van der Waals surface area contributed by atoms with Gasteiger partial charge in [-0.1, -0.05) is 6.07 Å². The Kier molecular flexibility index (Phi) is 4.63. The fraction of sp³-hybridized carbons (Fsp3) is 0.214. The number of pyridine rings is 1. The molecule has 2 aromatic rings. The molecule has 0 aliphatic heterocycles. The summed E-state index contributed by atoms with van der Waals surface area (Å²) in [6, 6.07) is 4.22. The van der Waals surface area contributed by atoms with Gasteiger partial charge in [0.05, 0.1) is 11.6 Å². The van der Waals surface area contributed by atoms with Crippen LogP contribution in [-0.4, -0.2) is 12.0 Å². The highest BCUT2D eigenvalue weighted by Crippen LogP contribution is 2.33. The van der Waals surface area contributed by atoms with E-state index in [-0.39, 0.29) is 0 Å². The van der Waals surface area contributed by atoms with Gasteiger partial charge in [0.25, 0.3) is 0 Å². The van der Waals surface area contributed by atoms with Gasteiger partial charge in [-0.25, -0.2) is 4.39 Å². The molecule has 0 fully saturated rings. The lowest BCUT2D eigenvalue weighted by molar-refractivity contribution is -0.140. The minimum atomic E-state index is -4.70. The van der Waals surface area contributed by atoms with E-state index >= 15 is 0 Å². The zero-order valence-electron chi connectivity index (χ0n) is 10.9. The molecule has 1 aromatic carbocycles. The Morgan fingerprint density at radius 1 is 1.14 bits per heavy atom. The van der Waals surface area contributed by atoms with Crippen LogP contribution in [0.1, 0.15) is 22.7 Å². The number of hydrogen-bond acceptors (Lipinski definition) is 2. The molecule has 0 aliphatic carbocycles. The first-order valence-electron chi connectivity index (χ1n) is 5.97. The van der Waals surface area contributed by atoms with Crippen LogP contribution < -0.4 is 5.32 Å². The molecule has 112 valence electrons. The van der Waals surface area contributed by atoms with E-state index in [1.807, 2.05) is 0 Å². The van der Waals surface area contributed by atoms with Gasteiger partial charge in [0, 0.05) is 16.9 Å². The van der Waals surface area contributed by atoms with Crippen LogP contribution in [0.2, 0.25) is 0 Å². The SMILES string of the molecule is CNC(c1cncc(Br)c1)c1ccc(C(F)(F)F)c(F)c1. The molecular weight excluding hydrogens is 352 g/mol. The normalized spacial score (nSPS) is 13.2. The van der Waals surface area contributed by atoms with E-state index in [1.54, 1.807) is 25.5 Å². The van der Waals surface area contributed by atoms with Crippen LogP contribution in [0.15, 0.2) is 41.1 Å². The molecule has 1 heterocycles. The second kappa shape index (κ2) is 6.11. The Labute approximate surface area is 127 Å². The molecule has 2 rings (SSSR count). The van der Waals surface area contributed by atoms with E-state index in [2.05, 4.69) is 26.2 Å². The van der Waals surface area contributed by atoms with Gasteiger partial charge < -0.3 is 5.32 Å². The lowest BCUT2D eigenvalue weighted by atomic mass is 9.98. The van der Waals surface area contributed by atoms with Crippen molar-refractivity contribution in [2.75, 3.05) is 7.05 Å². The maximum absolute atomic E-state index is 13.7. The van der Waals surface area contributed by atoms with Gasteiger partial charge >= 0.3 is 6.18 Å². The van der Waals surface area contributed by atoms with Gasteiger partial charge in [0.1, 0.15) is 5.82 Å². The lowest BCUT2D eigenvalue weighted by Crippen LogP contribution is -2.19. The van der Waals surface area contributed by atoms with E-state index in [4.69, 9.17) is 0 Å². The van der Waals surface area contributed by atoms with Crippen molar-refractivity contribution in [3.63, 3.8) is 0 Å². The van der Waals surface area contributed by atoms with Crippen LogP contribution in [0, 0.1) is 5.82 Å². The predicted octanol–water partition coefficient (Wildman–Crippen LogP) is 4.31. The first-order valence-corrected chi connectivity index (χ1v) is 6.76. The maximum Gasteiger partial charge on any atom is 0.419 e. The number of hydrogen-bond donors (Lipinski definition) is 1. The summed E-state index contributed by atoms with van der Waals surface area (Å²) in [7, 11) is 1.64. The van der Waals surface area contributed by atoms with Gasteiger partial charge in [-0.05, 0) is 52.3 Å². The minimum Gasteiger partial charge on any atom is -0.309 e. The molecule has 1 aromatic heterocycles. The third-order valence-electron chi connectivity index (χ3n) is 2.98. The van der Waals surface area contributed by atoms with E-state index < -0.39 is 23.6 Å². The summed E-state index contributed by atoms with van der Waals surface area (Å²) < 4.78 is 52.1. The average Bonchev–Trinajstić information content (AvgIpc) is 2.38. The van der Waals surface area contributed by atoms with Crippen molar-refractivity contribution in [2.45, 2.75) is 12.2 Å². The van der Waals surface area contributed by atoms with Crippen LogP contribution in [0.5, 0.6) is 0 Å². The van der Waals surface area contributed by atoms with E-state index in [0.717, 1.165) is 16.6 Å². The molecule has 0 bridgehead atoms. The Morgan fingerprint density at radius 2 is 1.86 bits per heavy atom. The predicted molar refractivity (Wildman–Crippen MR) is 74.2 cm³/mol. The molecule has 1 atom stereocenters. The fourth-order valence-electron chi connectivity index (χ4n) is 2.05. The third kappa shape index (κ3) is 3.59. The molecule has 1 N–H and O–H groups in total. The summed E-state index contributed by atoms with van der Waals surface area (Å²) in [5.41, 5.74) is -0.164. The molecule has 0 radical (unpaired) electrons. The number of nitrogens with one attached hydrogen (secondary N) is 1. The summed E-state index contributed by atoms with van der Waals surface area (Å²) in [4.78, 5) is 4.00. The van der Waals surface area contributed by atoms with E-state index in [0.29, 0.717) is 11.1 Å². The van der Waals surface area contributed by atoms with Gasteiger partial charge in [0.2, 0.25) is 0 Å². The maximum atomic E-state index is 13.7. The second-order valence-corrected chi connectivity index (χ2v) is 5.31. The summed E-state index contributed by atoms with van der Waals surface area (Å²) in [6.07, 6.45) is -1.54. The van der Waals surface area contributed by atoms with Gasteiger partial charge in [-0.15, -0.1) is 0 Å². The zero-order chi connectivity index (χ0) is 15.6. The first kappa shape index (κ1) is 15.9. The van der Waals surface area contributed by atoms with E-state index in [1.165, 1.54) is 6.07 Å². The van der Waals surface area contributed by atoms with Crippen LogP contribution in [0.25, 0.3) is 0 Å². The smallest absolute Gasteiger partial charge is 0.309 e. The number of rotatable bonds is 3. The van der Waals surface area contributed by atoms with Crippen LogP contribution in [-0.2, 0) is 6.18 Å². The Morgan fingerprint density at radius 3 is 2.38 bits per heavy atom. The van der Waals surface area contributed by atoms with Crippen molar-refractivity contribution in [1.82, 2.24) is 10.3 Å². The Bertz CT molecular complexity index is 643. The van der Waals surface area contributed by atoms with Crippen LogP contribution in [0.3, 0.4) is 0 Å². The quantitative estimate of drug-likeness (QED) is 0.823. The molecule has 0 saturated heterocycles. The number of halogens is 5. The number of alkyl halides is 3. The first-order chi connectivity index (χ1) is 9.82. The lowest BCUT2D eigenvalue weighted by Gasteiger charge is -2.18. The van der Waals surface area contributed by atoms with Crippen molar-refractivity contribution in [1.29, 1.82) is 0 Å². The second-order valence-electron chi connectivity index (χ2n) is 4.40. The molecular formula is C14H11BrF4N2. The topological polar surface area (TPSA) is 24.9 Å². The molecule has 21 heavy (non-hydrogen) atoms. The van der Waals surface area contributed by atoms with Gasteiger partial charge in [0.15, 0.2) is 0 Å². The number of aromatic nitrogens is 1. The Balaban J connectivity index is 2.42. The standard InChI is InChI=1S/C14H11BrF4N2/c1-20-13(9-4-10(15)7-21-6-9)8-2-3-11(12(16)5-8)14(17,18)19/h2-7,13,20H,1H3.